The first-order chi connectivity index (χ1) is 13.0. The van der Waals surface area contributed by atoms with E-state index in [0.717, 1.165) is 22.3 Å². The third-order valence-corrected chi connectivity index (χ3v) is 4.60. The number of aryl methyl sites for hydroxylation is 1. The van der Waals surface area contributed by atoms with E-state index in [2.05, 4.69) is 20.3 Å². The lowest BCUT2D eigenvalue weighted by atomic mass is 10.1. The summed E-state index contributed by atoms with van der Waals surface area (Å²) in [4.78, 5) is 35.8. The summed E-state index contributed by atoms with van der Waals surface area (Å²) in [5, 5.41) is 13.1. The van der Waals surface area contributed by atoms with E-state index in [1.54, 1.807) is 19.3 Å². The van der Waals surface area contributed by atoms with Crippen molar-refractivity contribution in [2.45, 2.75) is 6.42 Å². The minimum absolute atomic E-state index is 0.0862. The van der Waals surface area contributed by atoms with Crippen LogP contribution >= 0.6 is 0 Å². The number of aromatic amines is 1. The lowest BCUT2D eigenvalue weighted by molar-refractivity contribution is 0.150. The molecule has 0 aromatic carbocycles. The molecule has 0 unspecified atom stereocenters. The Labute approximate surface area is 154 Å². The molecule has 0 spiro atoms. The van der Waals surface area contributed by atoms with Gasteiger partial charge in [-0.25, -0.2) is 14.8 Å². The molecule has 0 saturated carbocycles. The van der Waals surface area contributed by atoms with Crippen molar-refractivity contribution in [2.75, 3.05) is 18.4 Å². The molecule has 4 rings (SSSR count). The van der Waals surface area contributed by atoms with Crippen molar-refractivity contribution < 1.29 is 9.90 Å². The van der Waals surface area contributed by atoms with Gasteiger partial charge in [0.2, 0.25) is 5.56 Å². The van der Waals surface area contributed by atoms with E-state index in [1.165, 1.54) is 21.9 Å². The van der Waals surface area contributed by atoms with Crippen LogP contribution in [0.1, 0.15) is 12.1 Å². The summed E-state index contributed by atoms with van der Waals surface area (Å²) >= 11 is 0. The summed E-state index contributed by atoms with van der Waals surface area (Å²) < 4.78 is 1.49. The first-order valence-electron chi connectivity index (χ1n) is 8.46. The highest BCUT2D eigenvalue weighted by Gasteiger charge is 2.18. The quantitative estimate of drug-likeness (QED) is 0.654. The maximum atomic E-state index is 11.5. The Morgan fingerprint density at radius 3 is 2.89 bits per heavy atom. The number of fused-ring (bicyclic) bond motifs is 1. The third kappa shape index (κ3) is 3.26. The van der Waals surface area contributed by atoms with Crippen LogP contribution in [-0.4, -0.2) is 48.7 Å². The van der Waals surface area contributed by atoms with Gasteiger partial charge in [0.15, 0.2) is 0 Å². The molecule has 27 heavy (non-hydrogen) atoms. The molecule has 3 aromatic heterocycles. The van der Waals surface area contributed by atoms with Crippen molar-refractivity contribution in [3.05, 3.63) is 52.8 Å². The Morgan fingerprint density at radius 1 is 1.33 bits per heavy atom. The van der Waals surface area contributed by atoms with Crippen LogP contribution in [0.25, 0.3) is 16.6 Å². The Kier molecular flexibility index (Phi) is 4.11. The number of amides is 1. The highest BCUT2D eigenvalue weighted by Crippen LogP contribution is 2.28. The molecule has 0 fully saturated rings. The third-order valence-electron chi connectivity index (χ3n) is 4.60. The molecule has 1 aliphatic rings. The predicted molar refractivity (Wildman–Crippen MR) is 101 cm³/mol. The average Bonchev–Trinajstić information content (AvgIpc) is 3.10. The van der Waals surface area contributed by atoms with Gasteiger partial charge in [-0.1, -0.05) is 6.08 Å². The second-order valence-electron chi connectivity index (χ2n) is 6.37. The molecule has 3 N–H and O–H groups in total. The van der Waals surface area contributed by atoms with Crippen molar-refractivity contribution in [1.82, 2.24) is 24.4 Å². The Hall–Kier alpha value is -3.62. The maximum Gasteiger partial charge on any atom is 0.407 e. The zero-order valence-electron chi connectivity index (χ0n) is 14.6. The number of pyridine rings is 1. The van der Waals surface area contributed by atoms with Crippen molar-refractivity contribution in [3.63, 3.8) is 0 Å². The lowest BCUT2D eigenvalue weighted by Crippen LogP contribution is -2.33. The van der Waals surface area contributed by atoms with Gasteiger partial charge in [0, 0.05) is 38.1 Å². The Morgan fingerprint density at radius 2 is 2.19 bits per heavy atom. The number of hydrogen-bond acceptors (Lipinski definition) is 5. The number of nitrogens with zero attached hydrogens (tertiary/aromatic N) is 4. The number of rotatable bonds is 3. The van der Waals surface area contributed by atoms with Gasteiger partial charge in [0.1, 0.15) is 17.8 Å². The van der Waals surface area contributed by atoms with Crippen LogP contribution in [0.2, 0.25) is 0 Å². The molecule has 9 heteroatoms. The average molecular weight is 366 g/mol. The number of H-pyrrole nitrogens is 1. The number of nitrogens with one attached hydrogen (secondary N) is 2. The van der Waals surface area contributed by atoms with Gasteiger partial charge in [-0.3, -0.25) is 4.79 Å². The van der Waals surface area contributed by atoms with Crippen molar-refractivity contribution >= 4 is 34.2 Å². The van der Waals surface area contributed by atoms with Gasteiger partial charge in [-0.2, -0.15) is 0 Å². The fourth-order valence-corrected chi connectivity index (χ4v) is 3.10. The van der Waals surface area contributed by atoms with Crippen LogP contribution < -0.4 is 10.9 Å². The van der Waals surface area contributed by atoms with Gasteiger partial charge >= 0.3 is 6.09 Å². The lowest BCUT2D eigenvalue weighted by Gasteiger charge is -2.23. The normalized spacial score (nSPS) is 14.3. The van der Waals surface area contributed by atoms with Crippen LogP contribution in [0.3, 0.4) is 0 Å². The molecule has 1 amide bonds. The van der Waals surface area contributed by atoms with E-state index in [1.807, 2.05) is 12.1 Å². The van der Waals surface area contributed by atoms with Gasteiger partial charge < -0.3 is 24.9 Å². The molecule has 9 nitrogen and oxygen atoms in total. The minimum Gasteiger partial charge on any atom is -0.465 e. The van der Waals surface area contributed by atoms with Gasteiger partial charge in [0.05, 0.1) is 11.1 Å². The number of aromatic nitrogens is 4. The first-order valence-corrected chi connectivity index (χ1v) is 8.46. The topological polar surface area (TPSA) is 116 Å². The van der Waals surface area contributed by atoms with Gasteiger partial charge in [-0.15, -0.1) is 0 Å². The molecular formula is C18H18N6O3. The van der Waals surface area contributed by atoms with E-state index < -0.39 is 6.09 Å². The molecule has 3 aromatic rings. The summed E-state index contributed by atoms with van der Waals surface area (Å²) in [5.74, 6) is 0.629. The van der Waals surface area contributed by atoms with Crippen LogP contribution in [0, 0.1) is 0 Å². The zero-order valence-corrected chi connectivity index (χ0v) is 14.6. The summed E-state index contributed by atoms with van der Waals surface area (Å²) in [6.45, 7) is 0.834. The molecule has 0 saturated heterocycles. The van der Waals surface area contributed by atoms with Crippen LogP contribution in [0.15, 0.2) is 41.6 Å². The molecule has 0 aliphatic carbocycles. The molecule has 1 aliphatic heterocycles. The zero-order chi connectivity index (χ0) is 19.0. The molecular weight excluding hydrogens is 348 g/mol. The van der Waals surface area contributed by atoms with E-state index >= 15 is 0 Å². The Balaban J connectivity index is 1.65. The van der Waals surface area contributed by atoms with Crippen LogP contribution in [0.5, 0.6) is 0 Å². The van der Waals surface area contributed by atoms with E-state index in [4.69, 9.17) is 5.11 Å². The van der Waals surface area contributed by atoms with Crippen molar-refractivity contribution in [2.24, 2.45) is 7.05 Å². The molecule has 138 valence electrons. The fourth-order valence-electron chi connectivity index (χ4n) is 3.10. The number of carboxylic acid groups (broad SMARTS) is 1. The van der Waals surface area contributed by atoms with Gasteiger partial charge in [-0.05, 0) is 24.1 Å². The second kappa shape index (κ2) is 6.60. The van der Waals surface area contributed by atoms with Crippen molar-refractivity contribution in [1.29, 1.82) is 0 Å². The monoisotopic (exact) mass is 366 g/mol. The number of hydrogen-bond donors (Lipinski definition) is 3. The summed E-state index contributed by atoms with van der Waals surface area (Å²) in [6, 6.07) is 5.15. The standard InChI is InChI=1S/C18H18N6O3/c1-23-9-12(2-3-15(23)25)21-16-13-8-14(22-17(13)20-10-19-16)11-4-6-24(7-5-11)18(26)27/h2-4,8-10H,5-7H2,1H3,(H,26,27)(H2,19,20,21,22). The number of anilines is 2. The first kappa shape index (κ1) is 16.8. The smallest absolute Gasteiger partial charge is 0.407 e. The van der Waals surface area contributed by atoms with Crippen LogP contribution in [-0.2, 0) is 7.05 Å². The minimum atomic E-state index is -0.906. The molecule has 0 atom stereocenters. The summed E-state index contributed by atoms with van der Waals surface area (Å²) in [7, 11) is 1.69. The van der Waals surface area contributed by atoms with E-state index in [0.29, 0.717) is 31.0 Å². The summed E-state index contributed by atoms with van der Waals surface area (Å²) in [5.41, 5.74) is 3.30. The molecule has 4 heterocycles. The largest absolute Gasteiger partial charge is 0.465 e. The maximum absolute atomic E-state index is 11.5. The van der Waals surface area contributed by atoms with Gasteiger partial charge in [0.25, 0.3) is 0 Å². The van der Waals surface area contributed by atoms with Crippen molar-refractivity contribution in [3.8, 4) is 0 Å². The molecule has 0 bridgehead atoms. The Bertz CT molecular complexity index is 1110. The SMILES string of the molecule is Cn1cc(Nc2ncnc3[nH]c(C4=CCN(C(=O)O)CC4)cc23)ccc1=O. The fraction of sp³-hybridized carbons (Fsp3) is 0.222. The highest BCUT2D eigenvalue weighted by atomic mass is 16.4. The predicted octanol–water partition coefficient (Wildman–Crippen LogP) is 2.17. The van der Waals surface area contributed by atoms with E-state index in [-0.39, 0.29) is 5.56 Å². The summed E-state index contributed by atoms with van der Waals surface area (Å²) in [6.07, 6.45) is 4.81. The van der Waals surface area contributed by atoms with Crippen LogP contribution in [0.4, 0.5) is 16.3 Å². The highest BCUT2D eigenvalue weighted by molar-refractivity contribution is 5.92. The van der Waals surface area contributed by atoms with E-state index in [9.17, 15) is 9.59 Å². The molecule has 0 radical (unpaired) electrons. The number of carbonyl (C=O) groups is 1. The second-order valence-corrected chi connectivity index (χ2v) is 6.37.